The van der Waals surface area contributed by atoms with Crippen LogP contribution in [0.15, 0.2) is 35.5 Å². The predicted molar refractivity (Wildman–Crippen MR) is 71.1 cm³/mol. The van der Waals surface area contributed by atoms with Crippen LogP contribution in [0.2, 0.25) is 0 Å². The number of hydrogen-bond acceptors (Lipinski definition) is 5. The molecule has 0 bridgehead atoms. The van der Waals surface area contributed by atoms with E-state index in [9.17, 15) is 8.42 Å². The van der Waals surface area contributed by atoms with Crippen LogP contribution in [0.3, 0.4) is 0 Å². The highest BCUT2D eigenvalue weighted by atomic mass is 32.2. The summed E-state index contributed by atoms with van der Waals surface area (Å²) in [5.41, 5.74) is 1.12. The standard InChI is InChI=1S/C12H13N5O2S/c1-17-11(4-6-15-17)5-7-16-20(18,19)12-3-2-10(8-13)14-9-12/h2-4,6,9,16H,5,7H2,1H3. The van der Waals surface area contributed by atoms with Crippen molar-refractivity contribution >= 4 is 10.0 Å². The third kappa shape index (κ3) is 3.20. The first-order chi connectivity index (χ1) is 9.53. The van der Waals surface area contributed by atoms with E-state index in [1.54, 1.807) is 17.9 Å². The normalized spacial score (nSPS) is 11.2. The Kier molecular flexibility index (Phi) is 4.12. The molecule has 0 saturated carbocycles. The summed E-state index contributed by atoms with van der Waals surface area (Å²) in [6, 6.07) is 6.40. The van der Waals surface area contributed by atoms with Gasteiger partial charge in [0.25, 0.3) is 0 Å². The van der Waals surface area contributed by atoms with Crippen LogP contribution in [-0.4, -0.2) is 29.7 Å². The number of hydrogen-bond donors (Lipinski definition) is 1. The van der Waals surface area contributed by atoms with Crippen molar-refractivity contribution in [1.82, 2.24) is 19.5 Å². The molecule has 7 nitrogen and oxygen atoms in total. The van der Waals surface area contributed by atoms with Crippen molar-refractivity contribution in [2.45, 2.75) is 11.3 Å². The molecule has 2 rings (SSSR count). The summed E-state index contributed by atoms with van der Waals surface area (Å²) in [7, 11) is -1.80. The van der Waals surface area contributed by atoms with E-state index in [4.69, 9.17) is 5.26 Å². The molecule has 2 aromatic rings. The molecule has 0 aliphatic carbocycles. The first kappa shape index (κ1) is 14.2. The smallest absolute Gasteiger partial charge is 0.242 e. The topological polar surface area (TPSA) is 101 Å². The molecule has 0 spiro atoms. The average Bonchev–Trinajstić information content (AvgIpc) is 2.84. The number of pyridine rings is 1. The summed E-state index contributed by atoms with van der Waals surface area (Å²) in [6.45, 7) is 0.266. The highest BCUT2D eigenvalue weighted by Gasteiger charge is 2.14. The summed E-state index contributed by atoms with van der Waals surface area (Å²) in [4.78, 5) is 3.78. The number of nitrogens with zero attached hydrogens (tertiary/aromatic N) is 4. The van der Waals surface area contributed by atoms with Gasteiger partial charge < -0.3 is 0 Å². The van der Waals surface area contributed by atoms with Gasteiger partial charge >= 0.3 is 0 Å². The second-order valence-corrected chi connectivity index (χ2v) is 5.85. The SMILES string of the molecule is Cn1nccc1CCNS(=O)(=O)c1ccc(C#N)nc1. The quantitative estimate of drug-likeness (QED) is 0.848. The van der Waals surface area contributed by atoms with E-state index < -0.39 is 10.0 Å². The molecule has 0 saturated heterocycles. The van der Waals surface area contributed by atoms with Crippen molar-refractivity contribution in [1.29, 1.82) is 5.26 Å². The fraction of sp³-hybridized carbons (Fsp3) is 0.250. The van der Waals surface area contributed by atoms with Gasteiger partial charge in [0, 0.05) is 38.1 Å². The van der Waals surface area contributed by atoms with Crippen LogP contribution in [0.5, 0.6) is 0 Å². The number of nitrogens with one attached hydrogen (secondary N) is 1. The van der Waals surface area contributed by atoms with Crippen molar-refractivity contribution in [3.63, 3.8) is 0 Å². The maximum Gasteiger partial charge on any atom is 0.242 e. The highest BCUT2D eigenvalue weighted by Crippen LogP contribution is 2.07. The zero-order chi connectivity index (χ0) is 14.6. The molecule has 0 aliphatic heterocycles. The average molecular weight is 291 g/mol. The molecule has 0 unspecified atom stereocenters. The van der Waals surface area contributed by atoms with Crippen LogP contribution in [0.4, 0.5) is 0 Å². The molecule has 104 valence electrons. The van der Waals surface area contributed by atoms with Gasteiger partial charge in [-0.15, -0.1) is 0 Å². The first-order valence-corrected chi connectivity index (χ1v) is 7.34. The lowest BCUT2D eigenvalue weighted by molar-refractivity contribution is 0.579. The van der Waals surface area contributed by atoms with Gasteiger partial charge in [0.2, 0.25) is 10.0 Å². The van der Waals surface area contributed by atoms with E-state index in [1.807, 2.05) is 12.1 Å². The lowest BCUT2D eigenvalue weighted by Crippen LogP contribution is -2.26. The Morgan fingerprint density at radius 2 is 2.20 bits per heavy atom. The van der Waals surface area contributed by atoms with Gasteiger partial charge in [-0.2, -0.15) is 10.4 Å². The number of sulfonamides is 1. The zero-order valence-corrected chi connectivity index (χ0v) is 11.6. The Morgan fingerprint density at radius 1 is 1.40 bits per heavy atom. The highest BCUT2D eigenvalue weighted by molar-refractivity contribution is 7.89. The molecule has 0 fully saturated rings. The van der Waals surface area contributed by atoms with Gasteiger partial charge in [0.1, 0.15) is 16.7 Å². The van der Waals surface area contributed by atoms with Crippen molar-refractivity contribution in [3.05, 3.63) is 42.0 Å². The van der Waals surface area contributed by atoms with E-state index in [1.165, 1.54) is 18.3 Å². The third-order valence-electron chi connectivity index (χ3n) is 2.76. The molecule has 20 heavy (non-hydrogen) atoms. The largest absolute Gasteiger partial charge is 0.273 e. The molecule has 1 N–H and O–H groups in total. The zero-order valence-electron chi connectivity index (χ0n) is 10.8. The van der Waals surface area contributed by atoms with Gasteiger partial charge in [-0.3, -0.25) is 4.68 Å². The van der Waals surface area contributed by atoms with Crippen LogP contribution >= 0.6 is 0 Å². The predicted octanol–water partition coefficient (Wildman–Crippen LogP) is 0.208. The minimum atomic E-state index is -3.60. The maximum atomic E-state index is 12.0. The van der Waals surface area contributed by atoms with Gasteiger partial charge in [-0.05, 0) is 18.2 Å². The molecule has 2 heterocycles. The van der Waals surface area contributed by atoms with Crippen LogP contribution < -0.4 is 4.72 Å². The molecule has 0 amide bonds. The van der Waals surface area contributed by atoms with Crippen LogP contribution in [0.1, 0.15) is 11.4 Å². The monoisotopic (exact) mass is 291 g/mol. The maximum absolute atomic E-state index is 12.0. The van der Waals surface area contributed by atoms with Crippen LogP contribution in [-0.2, 0) is 23.5 Å². The van der Waals surface area contributed by atoms with Crippen molar-refractivity contribution < 1.29 is 8.42 Å². The van der Waals surface area contributed by atoms with Gasteiger partial charge in [0.05, 0.1) is 0 Å². The van der Waals surface area contributed by atoms with Crippen LogP contribution in [0.25, 0.3) is 0 Å². The third-order valence-corrected chi connectivity index (χ3v) is 4.20. The summed E-state index contributed by atoms with van der Waals surface area (Å²) >= 11 is 0. The number of aryl methyl sites for hydroxylation is 1. The van der Waals surface area contributed by atoms with Gasteiger partial charge in [0.15, 0.2) is 0 Å². The molecule has 0 aromatic carbocycles. The molecular weight excluding hydrogens is 278 g/mol. The first-order valence-electron chi connectivity index (χ1n) is 5.85. The number of rotatable bonds is 5. The van der Waals surface area contributed by atoms with E-state index >= 15 is 0 Å². The Bertz CT molecular complexity index is 728. The molecule has 0 atom stereocenters. The Labute approximate surface area is 116 Å². The number of aromatic nitrogens is 3. The number of nitriles is 1. The molecule has 8 heteroatoms. The van der Waals surface area contributed by atoms with Crippen molar-refractivity contribution in [2.24, 2.45) is 7.05 Å². The summed E-state index contributed by atoms with van der Waals surface area (Å²) < 4.78 is 28.2. The van der Waals surface area contributed by atoms with E-state index in [0.29, 0.717) is 6.42 Å². The summed E-state index contributed by atoms with van der Waals surface area (Å²) in [5.74, 6) is 0. The Hall–Kier alpha value is -2.24. The summed E-state index contributed by atoms with van der Waals surface area (Å²) in [6.07, 6.45) is 3.37. The minimum Gasteiger partial charge on any atom is -0.273 e. The molecular formula is C12H13N5O2S. The van der Waals surface area contributed by atoms with Gasteiger partial charge in [-0.25, -0.2) is 18.1 Å². The van der Waals surface area contributed by atoms with Crippen molar-refractivity contribution in [2.75, 3.05) is 6.54 Å². The minimum absolute atomic E-state index is 0.0431. The molecule has 2 aromatic heterocycles. The van der Waals surface area contributed by atoms with Crippen LogP contribution in [0, 0.1) is 11.3 Å². The van der Waals surface area contributed by atoms with E-state index in [2.05, 4.69) is 14.8 Å². The lowest BCUT2D eigenvalue weighted by Gasteiger charge is -2.06. The summed E-state index contributed by atoms with van der Waals surface area (Å²) in [5, 5.41) is 12.6. The Balaban J connectivity index is 2.00. The van der Waals surface area contributed by atoms with Gasteiger partial charge in [-0.1, -0.05) is 0 Å². The van der Waals surface area contributed by atoms with Crippen molar-refractivity contribution in [3.8, 4) is 6.07 Å². The fourth-order valence-corrected chi connectivity index (χ4v) is 2.62. The molecule has 0 radical (unpaired) electrons. The van der Waals surface area contributed by atoms with E-state index in [-0.39, 0.29) is 17.1 Å². The Morgan fingerprint density at radius 3 is 2.75 bits per heavy atom. The molecule has 0 aliphatic rings. The lowest BCUT2D eigenvalue weighted by atomic mass is 10.3. The second-order valence-electron chi connectivity index (χ2n) is 4.08. The van der Waals surface area contributed by atoms with E-state index in [0.717, 1.165) is 5.69 Å². The fourth-order valence-electron chi connectivity index (χ4n) is 1.65. The second kappa shape index (κ2) is 5.81.